The molecule has 1 radical (unpaired) electrons. The number of hydrogen-bond donors (Lipinski definition) is 1. The summed E-state index contributed by atoms with van der Waals surface area (Å²) in [4.78, 5) is 11.6. The largest absolute Gasteiger partial charge is 0.445 e. The van der Waals surface area contributed by atoms with Crippen LogP contribution in [-0.2, 0) is 11.3 Å². The van der Waals surface area contributed by atoms with E-state index in [0.717, 1.165) is 17.9 Å². The molecule has 0 bridgehead atoms. The highest BCUT2D eigenvalue weighted by Crippen LogP contribution is 2.26. The molecule has 24 heavy (non-hydrogen) atoms. The topological polar surface area (TPSA) is 38.3 Å². The molecular weight excluding hydrogens is 298 g/mol. The Hall–Kier alpha value is -1.51. The maximum atomic E-state index is 11.6. The van der Waals surface area contributed by atoms with Crippen LogP contribution in [0, 0.1) is 12.3 Å². The van der Waals surface area contributed by atoms with Gasteiger partial charge in [-0.1, -0.05) is 81.7 Å². The Labute approximate surface area is 147 Å². The zero-order valence-corrected chi connectivity index (χ0v) is 14.8. The molecule has 1 N–H and O–H groups in total. The second kappa shape index (κ2) is 11.9. The van der Waals surface area contributed by atoms with E-state index in [2.05, 4.69) is 11.7 Å². The van der Waals surface area contributed by atoms with Gasteiger partial charge < -0.3 is 10.1 Å². The van der Waals surface area contributed by atoms with Crippen LogP contribution in [0.5, 0.6) is 0 Å². The minimum atomic E-state index is -0.312. The van der Waals surface area contributed by atoms with Crippen molar-refractivity contribution in [2.45, 2.75) is 70.8 Å². The van der Waals surface area contributed by atoms with Gasteiger partial charge in [0.15, 0.2) is 0 Å². The van der Waals surface area contributed by atoms with Crippen molar-refractivity contribution < 1.29 is 9.53 Å². The van der Waals surface area contributed by atoms with Crippen LogP contribution in [0.3, 0.4) is 0 Å². The van der Waals surface area contributed by atoms with Gasteiger partial charge in [0.2, 0.25) is 0 Å². The summed E-state index contributed by atoms with van der Waals surface area (Å²) in [5.41, 5.74) is 1.02. The minimum absolute atomic E-state index is 0.312. The van der Waals surface area contributed by atoms with E-state index >= 15 is 0 Å². The molecule has 1 aromatic carbocycles. The molecule has 0 spiro atoms. The van der Waals surface area contributed by atoms with E-state index < -0.39 is 0 Å². The first-order chi connectivity index (χ1) is 11.8. The van der Waals surface area contributed by atoms with Crippen molar-refractivity contribution in [1.82, 2.24) is 5.32 Å². The van der Waals surface area contributed by atoms with Gasteiger partial charge in [0.05, 0.1) is 0 Å². The second-order valence-electron chi connectivity index (χ2n) is 6.85. The first-order valence-electron chi connectivity index (χ1n) is 9.61. The summed E-state index contributed by atoms with van der Waals surface area (Å²) in [6.07, 6.45) is 15.2. The summed E-state index contributed by atoms with van der Waals surface area (Å²) >= 11 is 0. The van der Waals surface area contributed by atoms with Gasteiger partial charge in [0.1, 0.15) is 6.61 Å². The van der Waals surface area contributed by atoms with E-state index in [1.807, 2.05) is 30.3 Å². The number of rotatable bonds is 9. The van der Waals surface area contributed by atoms with E-state index in [9.17, 15) is 4.79 Å². The van der Waals surface area contributed by atoms with Crippen LogP contribution in [0.15, 0.2) is 30.3 Å². The summed E-state index contributed by atoms with van der Waals surface area (Å²) in [5.74, 6) is 0.954. The third-order valence-corrected chi connectivity index (χ3v) is 4.82. The Bertz CT molecular complexity index is 438. The summed E-state index contributed by atoms with van der Waals surface area (Å²) in [6, 6.07) is 9.77. The Morgan fingerprint density at radius 1 is 1.04 bits per heavy atom. The number of nitrogens with one attached hydrogen (secondary N) is 1. The predicted molar refractivity (Wildman–Crippen MR) is 98.6 cm³/mol. The minimum Gasteiger partial charge on any atom is -0.445 e. The van der Waals surface area contributed by atoms with E-state index in [-0.39, 0.29) is 6.09 Å². The number of alkyl carbamates (subject to hydrolysis) is 1. The molecule has 1 fully saturated rings. The highest BCUT2D eigenvalue weighted by molar-refractivity contribution is 5.67. The fourth-order valence-corrected chi connectivity index (χ4v) is 3.36. The van der Waals surface area contributed by atoms with Crippen LogP contribution in [0.4, 0.5) is 4.79 Å². The molecule has 3 heteroatoms. The SMILES string of the molecule is O=C(NCCCCCCC1CC[CH]CCC1)OCc1ccccc1. The van der Waals surface area contributed by atoms with Gasteiger partial charge in [0.25, 0.3) is 0 Å². The van der Waals surface area contributed by atoms with Crippen molar-refractivity contribution in [1.29, 1.82) is 0 Å². The molecule has 0 heterocycles. The molecule has 3 nitrogen and oxygen atoms in total. The van der Waals surface area contributed by atoms with Gasteiger partial charge >= 0.3 is 6.09 Å². The smallest absolute Gasteiger partial charge is 0.407 e. The van der Waals surface area contributed by atoms with Crippen molar-refractivity contribution in [3.63, 3.8) is 0 Å². The van der Waals surface area contributed by atoms with Crippen molar-refractivity contribution in [2.24, 2.45) is 5.92 Å². The van der Waals surface area contributed by atoms with E-state index in [4.69, 9.17) is 4.74 Å². The van der Waals surface area contributed by atoms with Crippen molar-refractivity contribution in [2.75, 3.05) is 6.54 Å². The normalized spacial score (nSPS) is 15.7. The van der Waals surface area contributed by atoms with Crippen molar-refractivity contribution >= 4 is 6.09 Å². The van der Waals surface area contributed by atoms with E-state index in [0.29, 0.717) is 13.2 Å². The Morgan fingerprint density at radius 2 is 1.88 bits per heavy atom. The zero-order valence-electron chi connectivity index (χ0n) is 14.8. The van der Waals surface area contributed by atoms with Crippen LogP contribution in [-0.4, -0.2) is 12.6 Å². The van der Waals surface area contributed by atoms with Crippen molar-refractivity contribution in [3.8, 4) is 0 Å². The molecule has 2 rings (SSSR count). The van der Waals surface area contributed by atoms with E-state index in [1.54, 1.807) is 0 Å². The lowest BCUT2D eigenvalue weighted by atomic mass is 9.94. The van der Waals surface area contributed by atoms with E-state index in [1.165, 1.54) is 57.8 Å². The number of hydrogen-bond acceptors (Lipinski definition) is 2. The van der Waals surface area contributed by atoms with Crippen LogP contribution in [0.25, 0.3) is 0 Å². The van der Waals surface area contributed by atoms with Gasteiger partial charge in [-0.3, -0.25) is 0 Å². The summed E-state index contributed by atoms with van der Waals surface area (Å²) < 4.78 is 5.19. The third kappa shape index (κ3) is 8.37. The molecule has 1 amide bonds. The lowest BCUT2D eigenvalue weighted by Gasteiger charge is -2.13. The average Bonchev–Trinajstić information content (AvgIpc) is 2.89. The average molecular weight is 330 g/mol. The molecule has 1 saturated carbocycles. The number of benzene rings is 1. The van der Waals surface area contributed by atoms with Gasteiger partial charge in [0, 0.05) is 6.54 Å². The standard InChI is InChI=1S/C21H32NO2/c23-21(24-18-20-15-9-5-10-16-20)22-17-11-4-3-8-14-19-12-6-1-2-7-13-19/h1,5,9-10,15-16,19H,2-4,6-8,11-14,17-18H2,(H,22,23). The molecule has 1 aliphatic rings. The van der Waals surface area contributed by atoms with Gasteiger partial charge in [-0.15, -0.1) is 0 Å². The van der Waals surface area contributed by atoms with Crippen molar-refractivity contribution in [3.05, 3.63) is 42.3 Å². The molecule has 0 saturated heterocycles. The maximum Gasteiger partial charge on any atom is 0.407 e. The van der Waals surface area contributed by atoms with Gasteiger partial charge in [-0.25, -0.2) is 4.79 Å². The van der Waals surface area contributed by atoms with Crippen LogP contribution >= 0.6 is 0 Å². The lowest BCUT2D eigenvalue weighted by Crippen LogP contribution is -2.25. The number of amides is 1. The molecule has 1 atom stereocenters. The van der Waals surface area contributed by atoms with Gasteiger partial charge in [-0.05, 0) is 30.7 Å². The summed E-state index contributed by atoms with van der Waals surface area (Å²) in [6.45, 7) is 1.05. The molecule has 0 aliphatic heterocycles. The predicted octanol–water partition coefficient (Wildman–Crippen LogP) is 5.65. The molecule has 0 aromatic heterocycles. The molecule has 1 aliphatic carbocycles. The van der Waals surface area contributed by atoms with Crippen LogP contribution < -0.4 is 5.32 Å². The Kier molecular flexibility index (Phi) is 9.36. The monoisotopic (exact) mass is 330 g/mol. The van der Waals surface area contributed by atoms with Gasteiger partial charge in [-0.2, -0.15) is 0 Å². The fraction of sp³-hybridized carbons (Fsp3) is 0.619. The number of carbonyl (C=O) groups is 1. The maximum absolute atomic E-state index is 11.6. The van der Waals surface area contributed by atoms with Crippen LogP contribution in [0.2, 0.25) is 0 Å². The lowest BCUT2D eigenvalue weighted by molar-refractivity contribution is 0.139. The zero-order chi connectivity index (χ0) is 16.9. The summed E-state index contributed by atoms with van der Waals surface area (Å²) in [7, 11) is 0. The quantitative estimate of drug-likeness (QED) is 0.469. The highest BCUT2D eigenvalue weighted by atomic mass is 16.5. The first-order valence-corrected chi connectivity index (χ1v) is 9.61. The number of carbonyl (C=O) groups excluding carboxylic acids is 1. The Morgan fingerprint density at radius 3 is 2.75 bits per heavy atom. The fourth-order valence-electron chi connectivity index (χ4n) is 3.36. The molecule has 133 valence electrons. The molecular formula is C21H32NO2. The Balaban J connectivity index is 1.41. The highest BCUT2D eigenvalue weighted by Gasteiger charge is 2.11. The number of unbranched alkanes of at least 4 members (excludes halogenated alkanes) is 3. The molecule has 1 aromatic rings. The second-order valence-corrected chi connectivity index (χ2v) is 6.85. The third-order valence-electron chi connectivity index (χ3n) is 4.82. The number of ether oxygens (including phenoxy) is 1. The first kappa shape index (κ1) is 18.8. The van der Waals surface area contributed by atoms with Crippen LogP contribution in [0.1, 0.15) is 69.8 Å². The molecule has 1 unspecified atom stereocenters. The summed E-state index contributed by atoms with van der Waals surface area (Å²) in [5, 5.41) is 2.84.